The van der Waals surface area contributed by atoms with Crippen molar-refractivity contribution in [2.45, 2.75) is 19.8 Å². The number of unbranched alkanes of at least 4 members (excludes halogenated alkanes) is 1. The smallest absolute Gasteiger partial charge is 0.330 e. The van der Waals surface area contributed by atoms with Gasteiger partial charge >= 0.3 is 5.97 Å². The molecule has 0 atom stereocenters. The molecule has 0 aliphatic heterocycles. The minimum absolute atomic E-state index is 0.330. The predicted molar refractivity (Wildman–Crippen MR) is 90.9 cm³/mol. The summed E-state index contributed by atoms with van der Waals surface area (Å²) in [5.41, 5.74) is 1.21. The lowest BCUT2D eigenvalue weighted by Crippen LogP contribution is -2.00. The van der Waals surface area contributed by atoms with E-state index in [1.807, 2.05) is 43.4 Å². The fourth-order valence-corrected chi connectivity index (χ4v) is 1.25. The fourth-order valence-electron chi connectivity index (χ4n) is 1.25. The van der Waals surface area contributed by atoms with E-state index in [1.165, 1.54) is 11.6 Å². The average molecular weight is 284 g/mol. The zero-order valence-corrected chi connectivity index (χ0v) is 12.7. The number of hydrogen-bond acceptors (Lipinski definition) is 2. The number of rotatable bonds is 7. The van der Waals surface area contributed by atoms with Gasteiger partial charge in [0.2, 0.25) is 0 Å². The number of carbonyl (C=O) groups excluding carboxylic acids is 1. The van der Waals surface area contributed by atoms with Crippen LogP contribution in [-0.4, -0.2) is 12.6 Å². The second-order valence-corrected chi connectivity index (χ2v) is 4.12. The van der Waals surface area contributed by atoms with Crippen LogP contribution in [0.4, 0.5) is 0 Å². The van der Waals surface area contributed by atoms with Crippen LogP contribution in [0.5, 0.6) is 0 Å². The van der Waals surface area contributed by atoms with Crippen LogP contribution in [0.25, 0.3) is 6.08 Å². The van der Waals surface area contributed by atoms with Crippen LogP contribution in [0.2, 0.25) is 0 Å². The van der Waals surface area contributed by atoms with Crippen molar-refractivity contribution in [3.63, 3.8) is 0 Å². The number of esters is 1. The van der Waals surface area contributed by atoms with Crippen LogP contribution in [-0.2, 0) is 9.53 Å². The quantitative estimate of drug-likeness (QED) is 0.306. The molecule has 0 saturated carbocycles. The van der Waals surface area contributed by atoms with Crippen molar-refractivity contribution in [3.8, 4) is 0 Å². The lowest BCUT2D eigenvalue weighted by molar-refractivity contribution is -0.137. The van der Waals surface area contributed by atoms with Crippen LogP contribution in [0.15, 0.2) is 73.9 Å². The maximum atomic E-state index is 10.3. The molecular formula is C19H24O2. The van der Waals surface area contributed by atoms with Gasteiger partial charge in [0.05, 0.1) is 6.61 Å². The number of hydrogen-bond donors (Lipinski definition) is 0. The molecule has 1 rings (SSSR count). The Morgan fingerprint density at radius 3 is 2.43 bits per heavy atom. The summed E-state index contributed by atoms with van der Waals surface area (Å²) >= 11 is 0. The average Bonchev–Trinajstić information content (AvgIpc) is 2.53. The molecule has 0 aromatic heterocycles. The zero-order valence-electron chi connectivity index (χ0n) is 12.7. The lowest BCUT2D eigenvalue weighted by atomic mass is 10.2. The van der Waals surface area contributed by atoms with E-state index in [4.69, 9.17) is 0 Å². The van der Waals surface area contributed by atoms with E-state index >= 15 is 0 Å². The van der Waals surface area contributed by atoms with Crippen molar-refractivity contribution >= 4 is 12.0 Å². The highest BCUT2D eigenvalue weighted by Crippen LogP contribution is 2.00. The second-order valence-electron chi connectivity index (χ2n) is 4.12. The van der Waals surface area contributed by atoms with Crippen LogP contribution in [0.3, 0.4) is 0 Å². The first kappa shape index (κ1) is 18.6. The maximum Gasteiger partial charge on any atom is 0.330 e. The van der Waals surface area contributed by atoms with Crippen LogP contribution in [0, 0.1) is 0 Å². The second kappa shape index (κ2) is 14.1. The molecule has 2 heteroatoms. The van der Waals surface area contributed by atoms with Crippen molar-refractivity contribution in [3.05, 3.63) is 79.4 Å². The Balaban J connectivity index is 0.000000400. The standard InChI is InChI=1S/C12H12.C7H12O2/c1-2-3-4-6-9-12-10-7-5-8-11-12;1-3-5-6-9-7(8)4-2/h2-11H,1H2;4H,2-3,5-6H2,1H3. The van der Waals surface area contributed by atoms with E-state index in [9.17, 15) is 4.79 Å². The number of carbonyl (C=O) groups is 1. The molecule has 0 amide bonds. The van der Waals surface area contributed by atoms with Crippen LogP contribution >= 0.6 is 0 Å². The van der Waals surface area contributed by atoms with Gasteiger partial charge in [0.25, 0.3) is 0 Å². The Kier molecular flexibility index (Phi) is 12.5. The number of allylic oxidation sites excluding steroid dienone is 4. The largest absolute Gasteiger partial charge is 0.463 e. The van der Waals surface area contributed by atoms with Gasteiger partial charge in [-0.2, -0.15) is 0 Å². The summed E-state index contributed by atoms with van der Waals surface area (Å²) in [4.78, 5) is 10.3. The highest BCUT2D eigenvalue weighted by Gasteiger charge is 1.91. The Hall–Kier alpha value is -2.35. The van der Waals surface area contributed by atoms with E-state index in [0.29, 0.717) is 6.61 Å². The third-order valence-corrected chi connectivity index (χ3v) is 2.36. The van der Waals surface area contributed by atoms with Crippen LogP contribution in [0.1, 0.15) is 25.3 Å². The van der Waals surface area contributed by atoms with Crippen molar-refractivity contribution in [1.82, 2.24) is 0 Å². The molecular weight excluding hydrogens is 260 g/mol. The summed E-state index contributed by atoms with van der Waals surface area (Å²) < 4.78 is 4.67. The maximum absolute atomic E-state index is 10.3. The fraction of sp³-hybridized carbons (Fsp3) is 0.211. The van der Waals surface area contributed by atoms with Gasteiger partial charge in [-0.1, -0.05) is 87.2 Å². The van der Waals surface area contributed by atoms with E-state index in [2.05, 4.69) is 36.1 Å². The molecule has 21 heavy (non-hydrogen) atoms. The van der Waals surface area contributed by atoms with E-state index in [-0.39, 0.29) is 5.97 Å². The molecule has 0 saturated heterocycles. The summed E-state index contributed by atoms with van der Waals surface area (Å²) in [6, 6.07) is 10.2. The Bertz CT molecular complexity index is 456. The number of benzene rings is 1. The molecule has 0 bridgehead atoms. The summed E-state index contributed by atoms with van der Waals surface area (Å²) in [7, 11) is 0. The first-order valence-electron chi connectivity index (χ1n) is 7.04. The summed E-state index contributed by atoms with van der Waals surface area (Å²) in [6.45, 7) is 9.41. The highest BCUT2D eigenvalue weighted by molar-refractivity contribution is 5.81. The van der Waals surface area contributed by atoms with Gasteiger partial charge in [-0.15, -0.1) is 0 Å². The van der Waals surface area contributed by atoms with E-state index in [0.717, 1.165) is 12.8 Å². The molecule has 0 heterocycles. The van der Waals surface area contributed by atoms with E-state index in [1.54, 1.807) is 6.08 Å². The third kappa shape index (κ3) is 12.4. The minimum Gasteiger partial charge on any atom is -0.463 e. The molecule has 1 aromatic rings. The third-order valence-electron chi connectivity index (χ3n) is 2.36. The van der Waals surface area contributed by atoms with Gasteiger partial charge in [0, 0.05) is 6.08 Å². The molecule has 112 valence electrons. The predicted octanol–water partition coefficient (Wildman–Crippen LogP) is 4.96. The summed E-state index contributed by atoms with van der Waals surface area (Å²) in [5.74, 6) is -0.330. The van der Waals surface area contributed by atoms with Crippen molar-refractivity contribution in [2.75, 3.05) is 6.61 Å². The SMILES string of the molecule is C=CC(=O)OCCCC.C=CC=CC=Cc1ccccc1. The molecule has 0 fully saturated rings. The lowest BCUT2D eigenvalue weighted by Gasteiger charge is -1.97. The molecule has 2 nitrogen and oxygen atoms in total. The monoisotopic (exact) mass is 284 g/mol. The Labute approximate surface area is 128 Å². The van der Waals surface area contributed by atoms with Crippen molar-refractivity contribution in [2.24, 2.45) is 0 Å². The summed E-state index contributed by atoms with van der Waals surface area (Å²) in [5, 5.41) is 0. The normalized spacial score (nSPS) is 9.95. The molecule has 0 spiro atoms. The van der Waals surface area contributed by atoms with E-state index < -0.39 is 0 Å². The molecule has 0 aliphatic rings. The van der Waals surface area contributed by atoms with Gasteiger partial charge in [-0.05, 0) is 12.0 Å². The highest BCUT2D eigenvalue weighted by atomic mass is 16.5. The van der Waals surface area contributed by atoms with Gasteiger partial charge in [0.1, 0.15) is 0 Å². The molecule has 0 aliphatic carbocycles. The first-order valence-corrected chi connectivity index (χ1v) is 7.04. The Morgan fingerprint density at radius 2 is 1.86 bits per heavy atom. The van der Waals surface area contributed by atoms with Gasteiger partial charge in [-0.3, -0.25) is 0 Å². The molecule has 1 aromatic carbocycles. The minimum atomic E-state index is -0.330. The van der Waals surface area contributed by atoms with Gasteiger partial charge in [-0.25, -0.2) is 4.79 Å². The zero-order chi connectivity index (χ0) is 15.8. The summed E-state index contributed by atoms with van der Waals surface area (Å²) in [6.07, 6.45) is 12.8. The van der Waals surface area contributed by atoms with Crippen LogP contribution < -0.4 is 0 Å². The van der Waals surface area contributed by atoms with Gasteiger partial charge in [0.15, 0.2) is 0 Å². The molecule has 0 N–H and O–H groups in total. The number of ether oxygens (including phenoxy) is 1. The topological polar surface area (TPSA) is 26.3 Å². The molecule has 0 unspecified atom stereocenters. The molecule has 0 radical (unpaired) electrons. The van der Waals surface area contributed by atoms with Crippen molar-refractivity contribution in [1.29, 1.82) is 0 Å². The Morgan fingerprint density at radius 1 is 1.14 bits per heavy atom. The van der Waals surface area contributed by atoms with Gasteiger partial charge < -0.3 is 4.74 Å². The van der Waals surface area contributed by atoms with Crippen molar-refractivity contribution < 1.29 is 9.53 Å². The first-order chi connectivity index (χ1) is 10.2.